The molecule has 0 spiro atoms. The van der Waals surface area contributed by atoms with Crippen molar-refractivity contribution in [1.29, 1.82) is 0 Å². The Labute approximate surface area is 80.7 Å². The molecule has 4 nitrogen and oxygen atoms in total. The Morgan fingerprint density at radius 1 is 1.36 bits per heavy atom. The Hall–Kier alpha value is -1.97. The summed E-state index contributed by atoms with van der Waals surface area (Å²) in [5.74, 6) is -1.04. The zero-order chi connectivity index (χ0) is 10.6. The summed E-state index contributed by atoms with van der Waals surface area (Å²) in [4.78, 5) is 10.2. The summed E-state index contributed by atoms with van der Waals surface area (Å²) in [6.07, 6.45) is 2.82. The molecule has 0 saturated heterocycles. The van der Waals surface area contributed by atoms with Gasteiger partial charge in [-0.25, -0.2) is 0 Å². The van der Waals surface area contributed by atoms with Crippen LogP contribution in [0, 0.1) is 0 Å². The number of benzene rings is 1. The van der Waals surface area contributed by atoms with Gasteiger partial charge in [0.15, 0.2) is 0 Å². The van der Waals surface area contributed by atoms with Gasteiger partial charge in [0, 0.05) is 11.6 Å². The first-order valence-electron chi connectivity index (χ1n) is 4.00. The van der Waals surface area contributed by atoms with Crippen molar-refractivity contribution in [3.8, 4) is 11.5 Å². The van der Waals surface area contributed by atoms with Crippen LogP contribution < -0.4 is 0 Å². The monoisotopic (exact) mass is 194 g/mol. The van der Waals surface area contributed by atoms with Crippen LogP contribution >= 0.6 is 0 Å². The van der Waals surface area contributed by atoms with Crippen LogP contribution in [-0.2, 0) is 4.79 Å². The van der Waals surface area contributed by atoms with Crippen molar-refractivity contribution in [2.24, 2.45) is 0 Å². The fraction of sp³-hybridized carbons (Fsp3) is 0.100. The summed E-state index contributed by atoms with van der Waals surface area (Å²) in [5.41, 5.74) is 0.476. The lowest BCUT2D eigenvalue weighted by Gasteiger charge is -1.98. The second-order valence-electron chi connectivity index (χ2n) is 2.74. The average Bonchev–Trinajstić information content (AvgIpc) is 2.08. The zero-order valence-corrected chi connectivity index (χ0v) is 7.34. The predicted molar refractivity (Wildman–Crippen MR) is 51.1 cm³/mol. The van der Waals surface area contributed by atoms with Crippen molar-refractivity contribution < 1.29 is 20.1 Å². The molecule has 1 aromatic rings. The molecule has 0 bridgehead atoms. The average molecular weight is 194 g/mol. The van der Waals surface area contributed by atoms with Crippen LogP contribution in [0.4, 0.5) is 0 Å². The van der Waals surface area contributed by atoms with Gasteiger partial charge in [0.2, 0.25) is 0 Å². The van der Waals surface area contributed by atoms with E-state index in [2.05, 4.69) is 0 Å². The minimum Gasteiger partial charge on any atom is -0.508 e. The van der Waals surface area contributed by atoms with Gasteiger partial charge in [-0.15, -0.1) is 0 Å². The van der Waals surface area contributed by atoms with E-state index < -0.39 is 5.97 Å². The van der Waals surface area contributed by atoms with E-state index >= 15 is 0 Å². The van der Waals surface area contributed by atoms with Gasteiger partial charge in [-0.2, -0.15) is 0 Å². The number of hydrogen-bond acceptors (Lipinski definition) is 3. The van der Waals surface area contributed by atoms with Gasteiger partial charge in [-0.1, -0.05) is 12.2 Å². The standard InChI is InChI=1S/C10H10O4/c11-8-5-4-7(9(12)6-8)2-1-3-10(13)14/h1-2,4-6,11-12H,3H2,(H,13,14). The number of aliphatic carboxylic acids is 1. The van der Waals surface area contributed by atoms with Crippen molar-refractivity contribution in [2.45, 2.75) is 6.42 Å². The normalized spacial score (nSPS) is 10.6. The molecule has 0 aromatic heterocycles. The molecule has 0 saturated carbocycles. The third kappa shape index (κ3) is 2.82. The number of rotatable bonds is 3. The van der Waals surface area contributed by atoms with Gasteiger partial charge in [-0.05, 0) is 12.1 Å². The quantitative estimate of drug-likeness (QED) is 0.682. The highest BCUT2D eigenvalue weighted by Gasteiger charge is 1.98. The molecular formula is C10H10O4. The van der Waals surface area contributed by atoms with Crippen molar-refractivity contribution >= 4 is 12.0 Å². The maximum Gasteiger partial charge on any atom is 0.307 e. The molecule has 3 N–H and O–H groups in total. The first-order valence-corrected chi connectivity index (χ1v) is 4.00. The topological polar surface area (TPSA) is 77.8 Å². The largest absolute Gasteiger partial charge is 0.508 e. The molecular weight excluding hydrogens is 184 g/mol. The fourth-order valence-corrected chi connectivity index (χ4v) is 0.960. The third-order valence-electron chi connectivity index (χ3n) is 1.60. The SMILES string of the molecule is O=C(O)CC=Cc1ccc(O)cc1O. The number of carbonyl (C=O) groups is 1. The summed E-state index contributed by atoms with van der Waals surface area (Å²) in [6.45, 7) is 0. The molecule has 0 amide bonds. The van der Waals surface area contributed by atoms with Gasteiger partial charge < -0.3 is 15.3 Å². The van der Waals surface area contributed by atoms with Crippen molar-refractivity contribution in [3.63, 3.8) is 0 Å². The van der Waals surface area contributed by atoms with E-state index in [1.807, 2.05) is 0 Å². The minimum atomic E-state index is -0.931. The maximum atomic E-state index is 10.2. The minimum absolute atomic E-state index is 0.0297. The summed E-state index contributed by atoms with van der Waals surface area (Å²) >= 11 is 0. The number of aromatic hydroxyl groups is 2. The maximum absolute atomic E-state index is 10.2. The summed E-state index contributed by atoms with van der Waals surface area (Å²) < 4.78 is 0. The lowest BCUT2D eigenvalue weighted by Crippen LogP contribution is -1.89. The van der Waals surface area contributed by atoms with E-state index in [1.165, 1.54) is 30.4 Å². The highest BCUT2D eigenvalue weighted by atomic mass is 16.4. The highest BCUT2D eigenvalue weighted by molar-refractivity contribution is 5.71. The van der Waals surface area contributed by atoms with Gasteiger partial charge >= 0.3 is 5.97 Å². The molecule has 0 fully saturated rings. The first kappa shape index (κ1) is 10.1. The highest BCUT2D eigenvalue weighted by Crippen LogP contribution is 2.23. The van der Waals surface area contributed by atoms with Crippen LogP contribution in [-0.4, -0.2) is 21.3 Å². The van der Waals surface area contributed by atoms with E-state index in [0.717, 1.165) is 0 Å². The molecule has 4 heteroatoms. The molecule has 0 radical (unpaired) electrons. The Morgan fingerprint density at radius 2 is 2.07 bits per heavy atom. The number of hydrogen-bond donors (Lipinski definition) is 3. The Balaban J connectivity index is 2.76. The van der Waals surface area contributed by atoms with Crippen LogP contribution in [0.25, 0.3) is 6.08 Å². The second kappa shape index (κ2) is 4.32. The summed E-state index contributed by atoms with van der Waals surface area (Å²) in [7, 11) is 0. The van der Waals surface area contributed by atoms with E-state index in [9.17, 15) is 9.90 Å². The molecule has 0 aliphatic heterocycles. The third-order valence-corrected chi connectivity index (χ3v) is 1.60. The summed E-state index contributed by atoms with van der Waals surface area (Å²) in [5, 5.41) is 26.6. The fourth-order valence-electron chi connectivity index (χ4n) is 0.960. The molecule has 1 rings (SSSR count). The molecule has 0 aliphatic rings. The molecule has 74 valence electrons. The van der Waals surface area contributed by atoms with Gasteiger partial charge in [-0.3, -0.25) is 4.79 Å². The van der Waals surface area contributed by atoms with Crippen LogP contribution in [0.2, 0.25) is 0 Å². The van der Waals surface area contributed by atoms with Crippen LogP contribution in [0.1, 0.15) is 12.0 Å². The van der Waals surface area contributed by atoms with E-state index in [1.54, 1.807) is 0 Å². The molecule has 0 aliphatic carbocycles. The van der Waals surface area contributed by atoms with Crippen LogP contribution in [0.3, 0.4) is 0 Å². The van der Waals surface area contributed by atoms with Gasteiger partial charge in [0.05, 0.1) is 6.42 Å². The predicted octanol–water partition coefficient (Wildman–Crippen LogP) is 1.59. The van der Waals surface area contributed by atoms with Gasteiger partial charge in [0.25, 0.3) is 0 Å². The van der Waals surface area contributed by atoms with Crippen molar-refractivity contribution in [3.05, 3.63) is 29.8 Å². The molecule has 0 atom stereocenters. The smallest absolute Gasteiger partial charge is 0.307 e. The number of phenols is 2. The summed E-state index contributed by atoms with van der Waals surface area (Å²) in [6, 6.07) is 4.11. The Kier molecular flexibility index (Phi) is 3.12. The Bertz CT molecular complexity index is 368. The van der Waals surface area contributed by atoms with Crippen LogP contribution in [0.15, 0.2) is 24.3 Å². The van der Waals surface area contributed by atoms with E-state index in [-0.39, 0.29) is 17.9 Å². The number of carboxylic acids is 1. The first-order chi connectivity index (χ1) is 6.59. The van der Waals surface area contributed by atoms with E-state index in [0.29, 0.717) is 5.56 Å². The molecule has 1 aromatic carbocycles. The lowest BCUT2D eigenvalue weighted by atomic mass is 10.1. The molecule has 0 unspecified atom stereocenters. The van der Waals surface area contributed by atoms with Crippen molar-refractivity contribution in [2.75, 3.05) is 0 Å². The molecule has 14 heavy (non-hydrogen) atoms. The number of phenolic OH excluding ortho intramolecular Hbond substituents is 2. The van der Waals surface area contributed by atoms with Crippen LogP contribution in [0.5, 0.6) is 11.5 Å². The molecule has 0 heterocycles. The zero-order valence-electron chi connectivity index (χ0n) is 7.34. The second-order valence-corrected chi connectivity index (χ2v) is 2.74. The lowest BCUT2D eigenvalue weighted by molar-refractivity contribution is -0.135. The number of carboxylic acid groups (broad SMARTS) is 1. The van der Waals surface area contributed by atoms with Crippen molar-refractivity contribution in [1.82, 2.24) is 0 Å². The Morgan fingerprint density at radius 3 is 2.64 bits per heavy atom. The van der Waals surface area contributed by atoms with E-state index in [4.69, 9.17) is 10.2 Å². The van der Waals surface area contributed by atoms with Gasteiger partial charge in [0.1, 0.15) is 11.5 Å².